The summed E-state index contributed by atoms with van der Waals surface area (Å²) in [5.41, 5.74) is -2.13. The highest BCUT2D eigenvalue weighted by atomic mass is 16.7. The van der Waals surface area contributed by atoms with Gasteiger partial charge in [0.25, 0.3) is 0 Å². The third kappa shape index (κ3) is 4.33. The van der Waals surface area contributed by atoms with Crippen molar-refractivity contribution >= 4 is 5.97 Å². The highest BCUT2D eigenvalue weighted by Gasteiger charge is 2.72. The van der Waals surface area contributed by atoms with Crippen LogP contribution in [0.25, 0.3) is 0 Å². The van der Waals surface area contributed by atoms with Gasteiger partial charge in [-0.25, -0.2) is 0 Å². The molecule has 1 saturated heterocycles. The predicted molar refractivity (Wildman–Crippen MR) is 167 cm³/mol. The van der Waals surface area contributed by atoms with Gasteiger partial charge < -0.3 is 40.1 Å². The van der Waals surface area contributed by atoms with E-state index in [1.807, 2.05) is 6.92 Å². The van der Waals surface area contributed by atoms with E-state index in [0.717, 1.165) is 31.3 Å². The Balaban J connectivity index is 1.35. The summed E-state index contributed by atoms with van der Waals surface area (Å²) in [4.78, 5) is 13.0. The van der Waals surface area contributed by atoms with Gasteiger partial charge >= 0.3 is 5.97 Å². The molecule has 4 saturated carbocycles. The van der Waals surface area contributed by atoms with Crippen LogP contribution in [0.3, 0.4) is 0 Å². The van der Waals surface area contributed by atoms with Crippen LogP contribution in [0, 0.1) is 50.7 Å². The topological polar surface area (TPSA) is 157 Å². The Labute approximate surface area is 268 Å². The molecule has 0 aromatic rings. The fraction of sp³-hybridized carbons (Fsp3) is 0.917. The number of aliphatic carboxylic acids is 1. The van der Waals surface area contributed by atoms with Gasteiger partial charge in [-0.2, -0.15) is 0 Å². The van der Waals surface area contributed by atoms with Crippen LogP contribution in [0.5, 0.6) is 0 Å². The van der Waals surface area contributed by atoms with E-state index in [9.17, 15) is 35.4 Å². The molecule has 45 heavy (non-hydrogen) atoms. The van der Waals surface area contributed by atoms with Gasteiger partial charge in [0.2, 0.25) is 0 Å². The second kappa shape index (κ2) is 10.5. The summed E-state index contributed by atoms with van der Waals surface area (Å²) >= 11 is 0. The van der Waals surface area contributed by atoms with E-state index >= 15 is 0 Å². The second-order valence-electron chi connectivity index (χ2n) is 17.7. The number of ether oxygens (including phenoxy) is 2. The molecule has 2 unspecified atom stereocenters. The highest BCUT2D eigenvalue weighted by Crippen LogP contribution is 2.76. The maximum absolute atomic E-state index is 13.0. The largest absolute Gasteiger partial charge is 0.481 e. The van der Waals surface area contributed by atoms with Crippen molar-refractivity contribution in [2.24, 2.45) is 50.7 Å². The SMILES string of the molecule is C[C@@H]1CC[C@]2(C(=O)O)CC[C@]3(C)C(=CC[C@@H]4[C@@]5(C)C[C@@H](O)[C@H](O[C@@H]6O[C@H](C)[C@H](O)[C@H](O)[C@H]6O)C(C)(C)C5CC[C@]43C)C2[C@]1(C)O. The van der Waals surface area contributed by atoms with Crippen LogP contribution in [0.2, 0.25) is 0 Å². The summed E-state index contributed by atoms with van der Waals surface area (Å²) in [5.74, 6) is -0.801. The molecule has 9 nitrogen and oxygen atoms in total. The lowest BCUT2D eigenvalue weighted by atomic mass is 9.33. The Kier molecular flexibility index (Phi) is 7.86. The van der Waals surface area contributed by atoms with Crippen molar-refractivity contribution in [1.82, 2.24) is 0 Å². The van der Waals surface area contributed by atoms with Gasteiger partial charge in [-0.1, -0.05) is 53.2 Å². The van der Waals surface area contributed by atoms with Crippen LogP contribution in [-0.4, -0.2) is 85.1 Å². The van der Waals surface area contributed by atoms with Crippen molar-refractivity contribution < 1.29 is 44.9 Å². The smallest absolute Gasteiger partial charge is 0.310 e. The molecule has 9 heteroatoms. The van der Waals surface area contributed by atoms with Crippen molar-refractivity contribution in [1.29, 1.82) is 0 Å². The predicted octanol–water partition coefficient (Wildman–Crippen LogP) is 4.03. The van der Waals surface area contributed by atoms with E-state index < -0.39 is 71.2 Å². The van der Waals surface area contributed by atoms with E-state index in [1.54, 1.807) is 6.92 Å². The molecular formula is C36H58O9. The lowest BCUT2D eigenvalue weighted by Gasteiger charge is -2.72. The molecule has 0 amide bonds. The molecule has 1 aliphatic heterocycles. The van der Waals surface area contributed by atoms with Crippen molar-refractivity contribution in [3.05, 3.63) is 11.6 Å². The van der Waals surface area contributed by atoms with Crippen molar-refractivity contribution in [2.75, 3.05) is 0 Å². The van der Waals surface area contributed by atoms with Gasteiger partial charge in [-0.05, 0) is 105 Å². The fourth-order valence-corrected chi connectivity index (χ4v) is 12.5. The zero-order valence-electron chi connectivity index (χ0n) is 28.5. The van der Waals surface area contributed by atoms with Crippen molar-refractivity contribution in [2.45, 2.75) is 155 Å². The molecule has 6 N–H and O–H groups in total. The van der Waals surface area contributed by atoms with Crippen LogP contribution in [0.1, 0.15) is 107 Å². The standard InChI is InChI=1S/C36H58O9/c1-18-11-14-36(30(41)42)16-15-33(6)20(27(36)35(18,8)43)9-10-23-32(5)17-21(37)28(31(3,4)22(32)12-13-34(23,33)7)45-29-26(40)25(39)24(38)19(2)44-29/h9,18-19,21-29,37-40,43H,10-17H2,1-8H3,(H,41,42)/t18-,19-,21-,22?,23-,24+,25+,26-,27?,28+,29+,32+,33-,34-,35-,36+/m1/s1. The Hall–Kier alpha value is -1.07. The first-order chi connectivity index (χ1) is 20.7. The van der Waals surface area contributed by atoms with E-state index in [-0.39, 0.29) is 34.0 Å². The monoisotopic (exact) mass is 634 g/mol. The van der Waals surface area contributed by atoms with Crippen LogP contribution < -0.4 is 0 Å². The molecular weight excluding hydrogens is 576 g/mol. The number of aliphatic hydroxyl groups is 5. The zero-order valence-corrected chi connectivity index (χ0v) is 28.5. The molecule has 0 spiro atoms. The molecule has 5 aliphatic carbocycles. The number of allylic oxidation sites excluding steroid dienone is 1. The average molecular weight is 635 g/mol. The fourth-order valence-electron chi connectivity index (χ4n) is 12.5. The van der Waals surface area contributed by atoms with Crippen LogP contribution in [0.4, 0.5) is 0 Å². The molecule has 6 aliphatic rings. The summed E-state index contributed by atoms with van der Waals surface area (Å²) in [5, 5.41) is 65.9. The number of hydrogen-bond acceptors (Lipinski definition) is 8. The molecule has 0 aromatic carbocycles. The first kappa shape index (κ1) is 33.8. The minimum absolute atomic E-state index is 0.00209. The molecule has 5 fully saturated rings. The van der Waals surface area contributed by atoms with Crippen LogP contribution in [0.15, 0.2) is 11.6 Å². The van der Waals surface area contributed by atoms with E-state index in [4.69, 9.17) is 9.47 Å². The highest BCUT2D eigenvalue weighted by molar-refractivity contribution is 5.77. The van der Waals surface area contributed by atoms with Crippen LogP contribution in [-0.2, 0) is 14.3 Å². The lowest BCUT2D eigenvalue weighted by molar-refractivity contribution is -0.336. The maximum atomic E-state index is 13.0. The summed E-state index contributed by atoms with van der Waals surface area (Å²) < 4.78 is 12.1. The van der Waals surface area contributed by atoms with Gasteiger partial charge in [0, 0.05) is 5.92 Å². The summed E-state index contributed by atoms with van der Waals surface area (Å²) in [6.45, 7) is 16.9. The van der Waals surface area contributed by atoms with Gasteiger partial charge in [0.1, 0.15) is 18.3 Å². The van der Waals surface area contributed by atoms with E-state index in [1.165, 1.54) is 0 Å². The molecule has 0 radical (unpaired) electrons. The zero-order chi connectivity index (χ0) is 33.3. The first-order valence-electron chi connectivity index (χ1n) is 17.4. The Morgan fingerprint density at radius 2 is 1.56 bits per heavy atom. The first-order valence-corrected chi connectivity index (χ1v) is 17.4. The van der Waals surface area contributed by atoms with Crippen molar-refractivity contribution in [3.63, 3.8) is 0 Å². The molecule has 6 rings (SSSR count). The van der Waals surface area contributed by atoms with E-state index in [2.05, 4.69) is 47.6 Å². The summed E-state index contributed by atoms with van der Waals surface area (Å²) in [7, 11) is 0. The van der Waals surface area contributed by atoms with E-state index in [0.29, 0.717) is 25.7 Å². The Bertz CT molecular complexity index is 1230. The lowest BCUT2D eigenvalue weighted by Crippen LogP contribution is -2.69. The summed E-state index contributed by atoms with van der Waals surface area (Å²) in [6.07, 6.45) is 0.567. The number of carbonyl (C=O) groups is 1. The second-order valence-corrected chi connectivity index (χ2v) is 17.7. The Morgan fingerprint density at radius 3 is 2.20 bits per heavy atom. The number of carboxylic acids is 1. The van der Waals surface area contributed by atoms with Gasteiger partial charge in [-0.15, -0.1) is 0 Å². The molecule has 0 aromatic heterocycles. The van der Waals surface area contributed by atoms with Gasteiger partial charge in [-0.3, -0.25) is 4.79 Å². The van der Waals surface area contributed by atoms with Gasteiger partial charge in [0.15, 0.2) is 6.29 Å². The molecule has 256 valence electrons. The van der Waals surface area contributed by atoms with Gasteiger partial charge in [0.05, 0.1) is 29.3 Å². The third-order valence-electron chi connectivity index (χ3n) is 15.5. The number of carboxylic acid groups (broad SMARTS) is 1. The van der Waals surface area contributed by atoms with Crippen molar-refractivity contribution in [3.8, 4) is 0 Å². The quantitative estimate of drug-likeness (QED) is 0.199. The molecule has 16 atom stereocenters. The Morgan fingerprint density at radius 1 is 0.889 bits per heavy atom. The maximum Gasteiger partial charge on any atom is 0.310 e. The normalized spacial score (nSPS) is 57.4. The molecule has 0 bridgehead atoms. The van der Waals surface area contributed by atoms with Crippen LogP contribution >= 0.6 is 0 Å². The number of rotatable bonds is 3. The molecule has 1 heterocycles. The summed E-state index contributed by atoms with van der Waals surface area (Å²) in [6, 6.07) is 0. The number of fused-ring (bicyclic) bond motifs is 7. The third-order valence-corrected chi connectivity index (χ3v) is 15.5. The average Bonchev–Trinajstić information content (AvgIpc) is 2.94. The number of hydrogen-bond donors (Lipinski definition) is 6. The number of aliphatic hydroxyl groups excluding tert-OH is 4. The minimum Gasteiger partial charge on any atom is -0.481 e. The minimum atomic E-state index is -1.44.